The number of alkyl halides is 1. The highest BCUT2D eigenvalue weighted by Crippen LogP contribution is 2.62. The minimum atomic E-state index is 0.276. The van der Waals surface area contributed by atoms with Gasteiger partial charge in [0.2, 0.25) is 5.89 Å². The topological polar surface area (TPSA) is 38.9 Å². The first-order chi connectivity index (χ1) is 9.76. The third-order valence-corrected chi connectivity index (χ3v) is 4.63. The quantitative estimate of drug-likeness (QED) is 0.795. The lowest BCUT2D eigenvalue weighted by Gasteiger charge is -2.05. The van der Waals surface area contributed by atoms with Gasteiger partial charge in [-0.3, -0.25) is 0 Å². The van der Waals surface area contributed by atoms with Crippen LogP contribution in [0.2, 0.25) is 5.02 Å². The summed E-state index contributed by atoms with van der Waals surface area (Å²) in [6.45, 7) is 0. The molecule has 2 aliphatic carbocycles. The van der Waals surface area contributed by atoms with Crippen LogP contribution in [0.25, 0.3) is 5.57 Å². The highest BCUT2D eigenvalue weighted by molar-refractivity contribution is 6.30. The molecule has 0 spiro atoms. The summed E-state index contributed by atoms with van der Waals surface area (Å²) in [4.78, 5) is 4.33. The average Bonchev–Trinajstić information content (AvgIpc) is 2.87. The Labute approximate surface area is 126 Å². The number of hydrogen-bond donors (Lipinski definition) is 0. The Hall–Kier alpha value is -1.32. The smallest absolute Gasteiger partial charge is 0.241 e. The van der Waals surface area contributed by atoms with E-state index in [2.05, 4.69) is 22.3 Å². The fourth-order valence-corrected chi connectivity index (χ4v) is 3.47. The molecule has 1 heterocycles. The summed E-state index contributed by atoms with van der Waals surface area (Å²) in [5.41, 5.74) is 2.60. The van der Waals surface area contributed by atoms with E-state index >= 15 is 0 Å². The van der Waals surface area contributed by atoms with E-state index in [4.69, 9.17) is 27.7 Å². The highest BCUT2D eigenvalue weighted by Gasteiger charge is 2.55. The monoisotopic (exact) mass is 306 g/mol. The Kier molecular flexibility index (Phi) is 2.86. The summed E-state index contributed by atoms with van der Waals surface area (Å²) < 4.78 is 5.08. The Morgan fingerprint density at radius 2 is 2.25 bits per heavy atom. The lowest BCUT2D eigenvalue weighted by atomic mass is 10.0. The van der Waals surface area contributed by atoms with Crippen molar-refractivity contribution >= 4 is 28.8 Å². The summed E-state index contributed by atoms with van der Waals surface area (Å²) in [6, 6.07) is 8.02. The Morgan fingerprint density at radius 1 is 1.35 bits per heavy atom. The first-order valence-electron chi connectivity index (χ1n) is 6.61. The second kappa shape index (κ2) is 4.61. The minimum absolute atomic E-state index is 0.276. The third kappa shape index (κ3) is 1.97. The molecule has 4 rings (SSSR count). The van der Waals surface area contributed by atoms with Crippen LogP contribution in [0.1, 0.15) is 29.6 Å². The van der Waals surface area contributed by atoms with Gasteiger partial charge >= 0.3 is 0 Å². The maximum atomic E-state index is 6.04. The average molecular weight is 307 g/mol. The van der Waals surface area contributed by atoms with E-state index < -0.39 is 0 Å². The van der Waals surface area contributed by atoms with Gasteiger partial charge < -0.3 is 4.52 Å². The Balaban J connectivity index is 1.54. The van der Waals surface area contributed by atoms with Crippen molar-refractivity contribution < 1.29 is 4.52 Å². The number of halogens is 2. The molecule has 0 aliphatic heterocycles. The fraction of sp³-hybridized carbons (Fsp3) is 0.333. The van der Waals surface area contributed by atoms with E-state index in [1.807, 2.05) is 18.2 Å². The maximum Gasteiger partial charge on any atom is 0.241 e. The molecule has 2 aliphatic rings. The molecule has 1 aromatic carbocycles. The number of benzene rings is 1. The molecule has 0 N–H and O–H groups in total. The predicted octanol–water partition coefficient (Wildman–Crippen LogP) is 4.28. The van der Waals surface area contributed by atoms with Crippen LogP contribution in [-0.4, -0.2) is 10.1 Å². The predicted molar refractivity (Wildman–Crippen MR) is 77.6 cm³/mol. The molecule has 0 amide bonds. The summed E-state index contributed by atoms with van der Waals surface area (Å²) in [7, 11) is 0. The van der Waals surface area contributed by atoms with Crippen molar-refractivity contribution in [3.05, 3.63) is 52.6 Å². The van der Waals surface area contributed by atoms with Gasteiger partial charge in [-0.1, -0.05) is 35.0 Å². The number of hydrogen-bond acceptors (Lipinski definition) is 3. The van der Waals surface area contributed by atoms with Crippen molar-refractivity contribution in [3.63, 3.8) is 0 Å². The third-order valence-electron chi connectivity index (χ3n) is 4.17. The zero-order valence-electron chi connectivity index (χ0n) is 10.6. The molecule has 1 fully saturated rings. The first kappa shape index (κ1) is 12.4. The molecule has 2 aromatic rings. The van der Waals surface area contributed by atoms with E-state index in [9.17, 15) is 0 Å². The van der Waals surface area contributed by atoms with Gasteiger partial charge in [0.15, 0.2) is 5.82 Å². The van der Waals surface area contributed by atoms with E-state index in [0.717, 1.165) is 17.3 Å². The molecular formula is C15H12Cl2N2O. The maximum absolute atomic E-state index is 6.04. The van der Waals surface area contributed by atoms with Crippen LogP contribution < -0.4 is 0 Å². The fourth-order valence-electron chi connectivity index (χ4n) is 3.17. The number of aromatic nitrogens is 2. The zero-order chi connectivity index (χ0) is 13.7. The second-order valence-electron chi connectivity index (χ2n) is 5.35. The molecule has 1 saturated carbocycles. The van der Waals surface area contributed by atoms with Crippen molar-refractivity contribution in [1.29, 1.82) is 0 Å². The standard InChI is InChI=1S/C15H12Cl2N2O/c16-7-13-18-15(19-20-13)14-11-5-9(6-12(11)14)8-2-1-3-10(17)4-8/h1-5,11-12,14H,6-7H2/t11-,12+,14+/m0/s1. The molecule has 1 aromatic heterocycles. The van der Waals surface area contributed by atoms with Crippen molar-refractivity contribution in [2.75, 3.05) is 0 Å². The zero-order valence-corrected chi connectivity index (χ0v) is 12.1. The minimum Gasteiger partial charge on any atom is -0.338 e. The first-order valence-corrected chi connectivity index (χ1v) is 7.52. The summed E-state index contributed by atoms with van der Waals surface area (Å²) in [5.74, 6) is 3.12. The van der Waals surface area contributed by atoms with Gasteiger partial charge in [-0.2, -0.15) is 4.98 Å². The highest BCUT2D eigenvalue weighted by atomic mass is 35.5. The van der Waals surface area contributed by atoms with Gasteiger partial charge in [0, 0.05) is 10.9 Å². The Morgan fingerprint density at radius 3 is 2.90 bits per heavy atom. The molecule has 0 unspecified atom stereocenters. The second-order valence-corrected chi connectivity index (χ2v) is 6.06. The van der Waals surface area contributed by atoms with Crippen molar-refractivity contribution in [2.45, 2.75) is 18.2 Å². The molecule has 3 nitrogen and oxygen atoms in total. The van der Waals surface area contributed by atoms with Gasteiger partial charge in [0.05, 0.1) is 0 Å². The molecular weight excluding hydrogens is 295 g/mol. The number of rotatable bonds is 3. The van der Waals surface area contributed by atoms with Crippen LogP contribution in [0.3, 0.4) is 0 Å². The van der Waals surface area contributed by atoms with Gasteiger partial charge in [0.1, 0.15) is 5.88 Å². The van der Waals surface area contributed by atoms with E-state index in [0.29, 0.717) is 23.6 Å². The summed E-state index contributed by atoms with van der Waals surface area (Å²) in [5, 5.41) is 4.81. The summed E-state index contributed by atoms with van der Waals surface area (Å²) in [6.07, 6.45) is 3.39. The van der Waals surface area contributed by atoms with Crippen LogP contribution in [-0.2, 0) is 5.88 Å². The van der Waals surface area contributed by atoms with E-state index in [1.54, 1.807) is 0 Å². The van der Waals surface area contributed by atoms with Crippen LogP contribution in [0.4, 0.5) is 0 Å². The largest absolute Gasteiger partial charge is 0.338 e. The van der Waals surface area contributed by atoms with Crippen LogP contribution in [0.15, 0.2) is 34.9 Å². The normalized spacial score (nSPS) is 27.3. The van der Waals surface area contributed by atoms with Gasteiger partial charge in [0.25, 0.3) is 0 Å². The number of nitrogens with zero attached hydrogens (tertiary/aromatic N) is 2. The van der Waals surface area contributed by atoms with Crippen molar-refractivity contribution in [1.82, 2.24) is 10.1 Å². The van der Waals surface area contributed by atoms with Crippen molar-refractivity contribution in [3.8, 4) is 0 Å². The van der Waals surface area contributed by atoms with Gasteiger partial charge in [-0.15, -0.1) is 11.6 Å². The van der Waals surface area contributed by atoms with Crippen LogP contribution in [0.5, 0.6) is 0 Å². The van der Waals surface area contributed by atoms with Gasteiger partial charge in [-0.25, -0.2) is 0 Å². The molecule has 20 heavy (non-hydrogen) atoms. The molecule has 102 valence electrons. The SMILES string of the molecule is ClCc1nc([C@@H]2[C@H]3C=C(c4cccc(Cl)c4)C[C@H]32)no1. The van der Waals surface area contributed by atoms with E-state index in [-0.39, 0.29) is 5.88 Å². The number of allylic oxidation sites excluding steroid dienone is 2. The lowest BCUT2D eigenvalue weighted by molar-refractivity contribution is 0.383. The lowest BCUT2D eigenvalue weighted by Crippen LogP contribution is -1.92. The molecule has 0 saturated heterocycles. The Bertz CT molecular complexity index is 695. The van der Waals surface area contributed by atoms with Crippen LogP contribution in [0, 0.1) is 11.8 Å². The summed E-state index contributed by atoms with van der Waals surface area (Å²) >= 11 is 11.7. The van der Waals surface area contributed by atoms with Gasteiger partial charge in [-0.05, 0) is 41.5 Å². The van der Waals surface area contributed by atoms with E-state index in [1.165, 1.54) is 11.1 Å². The van der Waals surface area contributed by atoms with Crippen molar-refractivity contribution in [2.24, 2.45) is 11.8 Å². The molecule has 0 radical (unpaired) electrons. The molecule has 5 heteroatoms. The van der Waals surface area contributed by atoms with Crippen LogP contribution >= 0.6 is 23.2 Å². The molecule has 0 bridgehead atoms. The molecule has 3 atom stereocenters. The number of fused-ring (bicyclic) bond motifs is 1.